The van der Waals surface area contributed by atoms with E-state index < -0.39 is 34.5 Å². The van der Waals surface area contributed by atoms with Gasteiger partial charge >= 0.3 is 5.97 Å². The van der Waals surface area contributed by atoms with Gasteiger partial charge in [0.05, 0.1) is 11.3 Å². The molecule has 1 N–H and O–H groups in total. The molecule has 0 aliphatic heterocycles. The summed E-state index contributed by atoms with van der Waals surface area (Å²) in [6, 6.07) is 10.3. The summed E-state index contributed by atoms with van der Waals surface area (Å²) in [6.45, 7) is 0.994. The number of carbonyl (C=O) groups is 2. The Hall–Kier alpha value is -2.29. The SMILES string of the molecule is CC(OC(=O)COc1ccc(Cl)cc1Cl)C(=O)c1ccc(NS(C)(=O)=O)cc1. The molecule has 0 spiro atoms. The van der Waals surface area contributed by atoms with Gasteiger partial charge in [0.2, 0.25) is 15.8 Å². The molecule has 0 saturated carbocycles. The van der Waals surface area contributed by atoms with Gasteiger partial charge in [-0.1, -0.05) is 23.2 Å². The van der Waals surface area contributed by atoms with Crippen LogP contribution in [0.15, 0.2) is 42.5 Å². The normalized spacial score (nSPS) is 12.1. The third-order valence-corrected chi connectivity index (χ3v) is 4.53. The Bertz CT molecular complexity index is 976. The van der Waals surface area contributed by atoms with E-state index in [4.69, 9.17) is 32.7 Å². The van der Waals surface area contributed by atoms with Gasteiger partial charge in [0.25, 0.3) is 0 Å². The molecule has 2 aromatic carbocycles. The van der Waals surface area contributed by atoms with Crippen LogP contribution >= 0.6 is 23.2 Å². The maximum atomic E-state index is 12.4. The molecule has 28 heavy (non-hydrogen) atoms. The van der Waals surface area contributed by atoms with E-state index in [1.54, 1.807) is 6.07 Å². The summed E-state index contributed by atoms with van der Waals surface area (Å²) in [7, 11) is -3.41. The van der Waals surface area contributed by atoms with E-state index in [9.17, 15) is 18.0 Å². The maximum absolute atomic E-state index is 12.4. The van der Waals surface area contributed by atoms with Crippen LogP contribution in [0, 0.1) is 0 Å². The predicted molar refractivity (Wildman–Crippen MR) is 107 cm³/mol. The summed E-state index contributed by atoms with van der Waals surface area (Å²) in [6.07, 6.45) is -0.0297. The van der Waals surface area contributed by atoms with Gasteiger partial charge in [0.1, 0.15) is 5.75 Å². The lowest BCUT2D eigenvalue weighted by Gasteiger charge is -2.14. The highest BCUT2D eigenvalue weighted by atomic mass is 35.5. The molecule has 0 amide bonds. The number of ether oxygens (including phenoxy) is 2. The van der Waals surface area contributed by atoms with Gasteiger partial charge < -0.3 is 9.47 Å². The number of esters is 1. The number of rotatable bonds is 8. The summed E-state index contributed by atoms with van der Waals surface area (Å²) in [5, 5.41) is 0.670. The van der Waals surface area contributed by atoms with Crippen molar-refractivity contribution in [2.45, 2.75) is 13.0 Å². The molecule has 150 valence electrons. The van der Waals surface area contributed by atoms with E-state index in [0.717, 1.165) is 6.26 Å². The maximum Gasteiger partial charge on any atom is 0.344 e. The molecule has 1 unspecified atom stereocenters. The number of hydrogen-bond acceptors (Lipinski definition) is 6. The van der Waals surface area contributed by atoms with Crippen LogP contribution in [-0.2, 0) is 19.6 Å². The molecule has 0 aliphatic carbocycles. The monoisotopic (exact) mass is 445 g/mol. The first-order chi connectivity index (χ1) is 13.0. The molecule has 0 saturated heterocycles. The van der Waals surface area contributed by atoms with Crippen LogP contribution in [0.25, 0.3) is 0 Å². The van der Waals surface area contributed by atoms with Crippen molar-refractivity contribution in [3.63, 3.8) is 0 Å². The van der Waals surface area contributed by atoms with Gasteiger partial charge in [0.15, 0.2) is 12.7 Å². The van der Waals surface area contributed by atoms with Crippen molar-refractivity contribution in [1.29, 1.82) is 0 Å². The molecular formula is C18H17Cl2NO6S. The Morgan fingerprint density at radius 3 is 2.32 bits per heavy atom. The summed E-state index contributed by atoms with van der Waals surface area (Å²) in [5.41, 5.74) is 0.581. The zero-order chi connectivity index (χ0) is 20.9. The van der Waals surface area contributed by atoms with Crippen molar-refractivity contribution < 1.29 is 27.5 Å². The van der Waals surface area contributed by atoms with Gasteiger partial charge in [-0.25, -0.2) is 13.2 Å². The Balaban J connectivity index is 1.91. The Morgan fingerprint density at radius 2 is 1.75 bits per heavy atom. The number of sulfonamides is 1. The summed E-state index contributed by atoms with van der Waals surface area (Å²) >= 11 is 11.7. The quantitative estimate of drug-likeness (QED) is 0.492. The van der Waals surface area contributed by atoms with E-state index in [1.807, 2.05) is 0 Å². The van der Waals surface area contributed by atoms with Crippen LogP contribution in [0.3, 0.4) is 0 Å². The minimum atomic E-state index is -3.41. The number of halogens is 2. The number of benzene rings is 2. The first-order valence-corrected chi connectivity index (χ1v) is 10.6. The van der Waals surface area contributed by atoms with E-state index in [0.29, 0.717) is 10.7 Å². The molecule has 0 aromatic heterocycles. The Morgan fingerprint density at radius 1 is 1.11 bits per heavy atom. The van der Waals surface area contributed by atoms with Gasteiger partial charge in [-0.3, -0.25) is 9.52 Å². The summed E-state index contributed by atoms with van der Waals surface area (Å²) < 4.78 is 35.0. The summed E-state index contributed by atoms with van der Waals surface area (Å²) in [5.74, 6) is -0.929. The molecule has 0 radical (unpaired) electrons. The first kappa shape index (κ1) is 22.0. The molecule has 1 atom stereocenters. The van der Waals surface area contributed by atoms with E-state index in [-0.39, 0.29) is 16.3 Å². The minimum absolute atomic E-state index is 0.243. The molecule has 7 nitrogen and oxygen atoms in total. The summed E-state index contributed by atoms with van der Waals surface area (Å²) in [4.78, 5) is 24.3. The topological polar surface area (TPSA) is 98.8 Å². The van der Waals surface area contributed by atoms with Gasteiger partial charge in [-0.2, -0.15) is 0 Å². The van der Waals surface area contributed by atoms with Crippen LogP contribution < -0.4 is 9.46 Å². The second-order valence-corrected chi connectivity index (χ2v) is 8.40. The highest BCUT2D eigenvalue weighted by molar-refractivity contribution is 7.92. The first-order valence-electron chi connectivity index (χ1n) is 7.94. The standard InChI is InChI=1S/C18H17Cl2NO6S/c1-11(18(23)12-3-6-14(7-4-12)21-28(2,24)25)27-17(22)10-26-16-8-5-13(19)9-15(16)20/h3-9,11,21H,10H2,1-2H3. The number of nitrogens with one attached hydrogen (secondary N) is 1. The smallest absolute Gasteiger partial charge is 0.344 e. The third kappa shape index (κ3) is 6.70. The Kier molecular flexibility index (Phi) is 7.29. The molecule has 0 fully saturated rings. The lowest BCUT2D eigenvalue weighted by Crippen LogP contribution is -2.27. The second kappa shape index (κ2) is 9.27. The van der Waals surface area contributed by atoms with Crippen molar-refractivity contribution in [3.8, 4) is 5.75 Å². The van der Waals surface area contributed by atoms with Crippen LogP contribution in [0.1, 0.15) is 17.3 Å². The molecule has 10 heteroatoms. The third-order valence-electron chi connectivity index (χ3n) is 3.39. The van der Waals surface area contributed by atoms with Crippen molar-refractivity contribution in [2.24, 2.45) is 0 Å². The average molecular weight is 446 g/mol. The zero-order valence-electron chi connectivity index (χ0n) is 14.9. The van der Waals surface area contributed by atoms with E-state index in [2.05, 4.69) is 4.72 Å². The van der Waals surface area contributed by atoms with Crippen molar-refractivity contribution in [2.75, 3.05) is 17.6 Å². The number of Topliss-reactive ketones (excluding diaryl/α,β-unsaturated/α-hetero) is 1. The van der Waals surface area contributed by atoms with Crippen molar-refractivity contribution in [1.82, 2.24) is 0 Å². The lowest BCUT2D eigenvalue weighted by atomic mass is 10.1. The average Bonchev–Trinajstić information content (AvgIpc) is 2.59. The number of anilines is 1. The van der Waals surface area contributed by atoms with Gasteiger partial charge in [-0.05, 0) is 49.4 Å². The van der Waals surface area contributed by atoms with Crippen LogP contribution in [0.2, 0.25) is 10.0 Å². The van der Waals surface area contributed by atoms with Crippen LogP contribution in [-0.4, -0.2) is 39.1 Å². The predicted octanol–water partition coefficient (Wildman–Crippen LogP) is 3.56. The van der Waals surface area contributed by atoms with E-state index in [1.165, 1.54) is 43.3 Å². The van der Waals surface area contributed by atoms with Gasteiger partial charge in [-0.15, -0.1) is 0 Å². The highest BCUT2D eigenvalue weighted by Crippen LogP contribution is 2.27. The van der Waals surface area contributed by atoms with Crippen LogP contribution in [0.4, 0.5) is 5.69 Å². The van der Waals surface area contributed by atoms with Crippen molar-refractivity contribution in [3.05, 3.63) is 58.1 Å². The number of ketones is 1. The fourth-order valence-electron chi connectivity index (χ4n) is 2.16. The molecule has 0 bridgehead atoms. The lowest BCUT2D eigenvalue weighted by molar-refractivity contribution is -0.148. The molecule has 0 aliphatic rings. The fraction of sp³-hybridized carbons (Fsp3) is 0.222. The molecule has 2 aromatic rings. The number of hydrogen-bond donors (Lipinski definition) is 1. The molecular weight excluding hydrogens is 429 g/mol. The molecule has 2 rings (SSSR count). The minimum Gasteiger partial charge on any atom is -0.480 e. The van der Waals surface area contributed by atoms with Crippen molar-refractivity contribution >= 4 is 50.7 Å². The number of carbonyl (C=O) groups excluding carboxylic acids is 2. The molecule has 0 heterocycles. The van der Waals surface area contributed by atoms with Crippen LogP contribution in [0.5, 0.6) is 5.75 Å². The second-order valence-electron chi connectivity index (χ2n) is 5.81. The van der Waals surface area contributed by atoms with Gasteiger partial charge in [0, 0.05) is 16.3 Å². The highest BCUT2D eigenvalue weighted by Gasteiger charge is 2.20. The van der Waals surface area contributed by atoms with E-state index >= 15 is 0 Å². The largest absolute Gasteiger partial charge is 0.480 e. The zero-order valence-corrected chi connectivity index (χ0v) is 17.3. The Labute approximate surface area is 172 Å². The fourth-order valence-corrected chi connectivity index (χ4v) is 3.19.